The molecule has 2 aliphatic rings. The van der Waals surface area contributed by atoms with Crippen molar-refractivity contribution in [2.24, 2.45) is 11.8 Å². The molecule has 0 aliphatic heterocycles. The minimum Gasteiger partial charge on any atom is -0.390 e. The van der Waals surface area contributed by atoms with Crippen LogP contribution in [0.25, 0.3) is 0 Å². The van der Waals surface area contributed by atoms with E-state index in [9.17, 15) is 13.5 Å². The van der Waals surface area contributed by atoms with Gasteiger partial charge in [-0.15, -0.1) is 0 Å². The molecule has 1 N–H and O–H groups in total. The van der Waals surface area contributed by atoms with Gasteiger partial charge in [0.25, 0.3) is 0 Å². The van der Waals surface area contributed by atoms with E-state index >= 15 is 0 Å². The predicted octanol–water partition coefficient (Wildman–Crippen LogP) is 2.92. The molecule has 4 heteroatoms. The normalized spacial score (nSPS) is 41.1. The lowest BCUT2D eigenvalue weighted by Gasteiger charge is -2.44. The van der Waals surface area contributed by atoms with Gasteiger partial charge < -0.3 is 5.11 Å². The molecule has 2 saturated carbocycles. The van der Waals surface area contributed by atoms with Crippen LogP contribution in [0, 0.1) is 11.8 Å². The highest BCUT2D eigenvalue weighted by atomic mass is 32.2. The van der Waals surface area contributed by atoms with Gasteiger partial charge in [-0.05, 0) is 56.8 Å². The van der Waals surface area contributed by atoms with E-state index in [-0.39, 0.29) is 11.2 Å². The molecule has 0 spiro atoms. The molecule has 112 valence electrons. The molecule has 2 unspecified atom stereocenters. The zero-order valence-electron chi connectivity index (χ0n) is 12.3. The van der Waals surface area contributed by atoms with Crippen LogP contribution in [-0.2, 0) is 9.84 Å². The summed E-state index contributed by atoms with van der Waals surface area (Å²) in [6.07, 6.45) is 9.89. The van der Waals surface area contributed by atoms with Gasteiger partial charge in [0.15, 0.2) is 0 Å². The van der Waals surface area contributed by atoms with Gasteiger partial charge >= 0.3 is 0 Å². The van der Waals surface area contributed by atoms with Crippen molar-refractivity contribution >= 4 is 9.84 Å². The van der Waals surface area contributed by atoms with Crippen molar-refractivity contribution in [1.29, 1.82) is 0 Å². The molecular weight excluding hydrogens is 260 g/mol. The third-order valence-electron chi connectivity index (χ3n) is 5.54. The molecule has 0 aromatic rings. The minimum absolute atomic E-state index is 0.193. The van der Waals surface area contributed by atoms with E-state index in [1.807, 2.05) is 0 Å². The Labute approximate surface area is 117 Å². The third-order valence-corrected chi connectivity index (χ3v) is 7.18. The fourth-order valence-corrected chi connectivity index (χ4v) is 5.19. The van der Waals surface area contributed by atoms with E-state index in [0.29, 0.717) is 6.42 Å². The molecule has 2 atom stereocenters. The summed E-state index contributed by atoms with van der Waals surface area (Å²) in [7, 11) is -2.95. The maximum Gasteiger partial charge on any atom is 0.150 e. The Bertz CT molecular complexity index is 394. The SMILES string of the molecule is CCC1CCC(O)(C2CCCC(S(C)(=O)=O)C2)CC1. The quantitative estimate of drug-likeness (QED) is 0.868. The zero-order chi connectivity index (χ0) is 14.1. The van der Waals surface area contributed by atoms with Crippen molar-refractivity contribution in [2.75, 3.05) is 6.26 Å². The largest absolute Gasteiger partial charge is 0.390 e. The van der Waals surface area contributed by atoms with E-state index < -0.39 is 15.4 Å². The van der Waals surface area contributed by atoms with E-state index in [0.717, 1.165) is 50.9 Å². The van der Waals surface area contributed by atoms with Crippen molar-refractivity contribution in [3.05, 3.63) is 0 Å². The average Bonchev–Trinajstić information content (AvgIpc) is 2.39. The fraction of sp³-hybridized carbons (Fsp3) is 1.00. The molecule has 0 amide bonds. The number of hydrogen-bond acceptors (Lipinski definition) is 3. The van der Waals surface area contributed by atoms with Gasteiger partial charge in [-0.25, -0.2) is 8.42 Å². The van der Waals surface area contributed by atoms with E-state index in [2.05, 4.69) is 6.92 Å². The first kappa shape index (κ1) is 15.3. The van der Waals surface area contributed by atoms with Crippen molar-refractivity contribution in [3.63, 3.8) is 0 Å². The smallest absolute Gasteiger partial charge is 0.150 e. The number of rotatable bonds is 3. The molecule has 0 aromatic carbocycles. The second-order valence-electron chi connectivity index (χ2n) is 6.77. The van der Waals surface area contributed by atoms with E-state index in [4.69, 9.17) is 0 Å². The summed E-state index contributed by atoms with van der Waals surface area (Å²) in [5.74, 6) is 0.952. The Morgan fingerprint density at radius 3 is 2.32 bits per heavy atom. The van der Waals surface area contributed by atoms with Gasteiger partial charge in [0.05, 0.1) is 10.9 Å². The van der Waals surface area contributed by atoms with Crippen molar-refractivity contribution in [2.45, 2.75) is 75.6 Å². The molecule has 2 rings (SSSR count). The van der Waals surface area contributed by atoms with Gasteiger partial charge in [0.1, 0.15) is 9.84 Å². The summed E-state index contributed by atoms with van der Waals surface area (Å²) >= 11 is 0. The van der Waals surface area contributed by atoms with E-state index in [1.54, 1.807) is 0 Å². The predicted molar refractivity (Wildman–Crippen MR) is 77.8 cm³/mol. The average molecular weight is 288 g/mol. The summed E-state index contributed by atoms with van der Waals surface area (Å²) in [5.41, 5.74) is -0.588. The highest BCUT2D eigenvalue weighted by molar-refractivity contribution is 7.91. The van der Waals surface area contributed by atoms with Crippen LogP contribution >= 0.6 is 0 Å². The first-order valence-corrected chi connectivity index (χ1v) is 9.72. The highest BCUT2D eigenvalue weighted by Crippen LogP contribution is 2.44. The van der Waals surface area contributed by atoms with Crippen LogP contribution in [-0.4, -0.2) is 30.6 Å². The summed E-state index contributed by atoms with van der Waals surface area (Å²) in [6, 6.07) is 0. The lowest BCUT2D eigenvalue weighted by atomic mass is 9.67. The molecule has 0 radical (unpaired) electrons. The lowest BCUT2D eigenvalue weighted by Crippen LogP contribution is -2.45. The number of aliphatic hydroxyl groups is 1. The third kappa shape index (κ3) is 3.52. The van der Waals surface area contributed by atoms with Crippen LogP contribution in [0.1, 0.15) is 64.7 Å². The first-order chi connectivity index (χ1) is 8.85. The van der Waals surface area contributed by atoms with Gasteiger partial charge in [0, 0.05) is 6.26 Å². The Kier molecular flexibility index (Phi) is 4.61. The Balaban J connectivity index is 2.01. The Morgan fingerprint density at radius 2 is 1.79 bits per heavy atom. The fourth-order valence-electron chi connectivity index (χ4n) is 4.02. The molecule has 0 aromatic heterocycles. The number of sulfone groups is 1. The monoisotopic (exact) mass is 288 g/mol. The summed E-state index contributed by atoms with van der Waals surface area (Å²) in [6.45, 7) is 2.22. The summed E-state index contributed by atoms with van der Waals surface area (Å²) in [4.78, 5) is 0. The van der Waals surface area contributed by atoms with Crippen LogP contribution in [0.15, 0.2) is 0 Å². The van der Waals surface area contributed by atoms with Gasteiger partial charge in [-0.2, -0.15) is 0 Å². The Hall–Kier alpha value is -0.0900. The molecule has 2 fully saturated rings. The van der Waals surface area contributed by atoms with Crippen LogP contribution in [0.4, 0.5) is 0 Å². The molecule has 0 saturated heterocycles. The molecular formula is C15H28O3S. The van der Waals surface area contributed by atoms with Crippen LogP contribution in [0.5, 0.6) is 0 Å². The van der Waals surface area contributed by atoms with Crippen LogP contribution in [0.3, 0.4) is 0 Å². The standard InChI is InChI=1S/C15H28O3S/c1-3-12-7-9-15(16,10-8-12)13-5-4-6-14(11-13)19(2,17)18/h12-14,16H,3-11H2,1-2H3. The minimum atomic E-state index is -2.95. The van der Waals surface area contributed by atoms with Crippen molar-refractivity contribution < 1.29 is 13.5 Å². The first-order valence-electron chi connectivity index (χ1n) is 7.76. The summed E-state index contributed by atoms with van der Waals surface area (Å²) < 4.78 is 23.5. The van der Waals surface area contributed by atoms with Crippen molar-refractivity contribution in [1.82, 2.24) is 0 Å². The number of hydrogen-bond donors (Lipinski definition) is 1. The maximum atomic E-state index is 11.7. The molecule has 3 nitrogen and oxygen atoms in total. The molecule has 0 heterocycles. The second kappa shape index (κ2) is 5.72. The molecule has 19 heavy (non-hydrogen) atoms. The van der Waals surface area contributed by atoms with E-state index in [1.165, 1.54) is 12.7 Å². The van der Waals surface area contributed by atoms with Crippen LogP contribution < -0.4 is 0 Å². The Morgan fingerprint density at radius 1 is 1.16 bits per heavy atom. The van der Waals surface area contributed by atoms with Gasteiger partial charge in [-0.1, -0.05) is 19.8 Å². The van der Waals surface area contributed by atoms with Gasteiger partial charge in [-0.3, -0.25) is 0 Å². The zero-order valence-corrected chi connectivity index (χ0v) is 13.1. The topological polar surface area (TPSA) is 54.4 Å². The van der Waals surface area contributed by atoms with Gasteiger partial charge in [0.2, 0.25) is 0 Å². The maximum absolute atomic E-state index is 11.7. The summed E-state index contributed by atoms with van der Waals surface area (Å²) in [5, 5.41) is 10.7. The second-order valence-corrected chi connectivity index (χ2v) is 9.10. The lowest BCUT2D eigenvalue weighted by molar-refractivity contribution is -0.0701. The molecule has 0 bridgehead atoms. The highest BCUT2D eigenvalue weighted by Gasteiger charge is 2.43. The van der Waals surface area contributed by atoms with Crippen molar-refractivity contribution in [3.8, 4) is 0 Å². The molecule has 2 aliphatic carbocycles. The van der Waals surface area contributed by atoms with Crippen LogP contribution in [0.2, 0.25) is 0 Å².